The van der Waals surface area contributed by atoms with E-state index in [-0.39, 0.29) is 12.2 Å². The summed E-state index contributed by atoms with van der Waals surface area (Å²) in [7, 11) is 0. The third-order valence-corrected chi connectivity index (χ3v) is 2.88. The van der Waals surface area contributed by atoms with E-state index >= 15 is 0 Å². The third-order valence-electron chi connectivity index (χ3n) is 2.63. The molecule has 0 unspecified atom stereocenters. The van der Waals surface area contributed by atoms with Gasteiger partial charge in [0.2, 0.25) is 0 Å². The number of alkyl halides is 3. The zero-order chi connectivity index (χ0) is 13.9. The predicted molar refractivity (Wildman–Crippen MR) is 70.1 cm³/mol. The summed E-state index contributed by atoms with van der Waals surface area (Å²) in [5.41, 5.74) is 0.663. The lowest BCUT2D eigenvalue weighted by molar-refractivity contribution is -0.130. The van der Waals surface area contributed by atoms with E-state index in [4.69, 9.17) is 11.6 Å². The zero-order valence-electron chi connectivity index (χ0n) is 9.86. The van der Waals surface area contributed by atoms with E-state index in [1.54, 1.807) is 30.3 Å². The third kappa shape index (κ3) is 3.64. The average molecular weight is 286 g/mol. The summed E-state index contributed by atoms with van der Waals surface area (Å²) in [4.78, 5) is 0.388. The van der Waals surface area contributed by atoms with Crippen LogP contribution in [0.25, 0.3) is 0 Å². The molecule has 1 nitrogen and oxygen atoms in total. The lowest BCUT2D eigenvalue weighted by atomic mass is 10.2. The van der Waals surface area contributed by atoms with Crippen LogP contribution < -0.4 is 4.90 Å². The lowest BCUT2D eigenvalue weighted by Gasteiger charge is -2.27. The van der Waals surface area contributed by atoms with E-state index in [1.807, 2.05) is 0 Å². The monoisotopic (exact) mass is 285 g/mol. The lowest BCUT2D eigenvalue weighted by Crippen LogP contribution is -2.37. The average Bonchev–Trinajstić information content (AvgIpc) is 2.37. The Morgan fingerprint density at radius 1 is 0.895 bits per heavy atom. The van der Waals surface area contributed by atoms with E-state index in [0.717, 1.165) is 0 Å². The number of halogens is 4. The topological polar surface area (TPSA) is 3.24 Å². The summed E-state index contributed by atoms with van der Waals surface area (Å²) in [5, 5.41) is 0.408. The van der Waals surface area contributed by atoms with Crippen molar-refractivity contribution in [3.8, 4) is 0 Å². The van der Waals surface area contributed by atoms with Crippen molar-refractivity contribution in [2.45, 2.75) is 12.8 Å². The molecule has 0 aliphatic carbocycles. The van der Waals surface area contributed by atoms with Crippen molar-refractivity contribution in [1.82, 2.24) is 0 Å². The van der Waals surface area contributed by atoms with Crippen LogP contribution in [0.1, 0.15) is 5.56 Å². The highest BCUT2D eigenvalue weighted by molar-refractivity contribution is 6.30. The Morgan fingerprint density at radius 2 is 1.47 bits per heavy atom. The van der Waals surface area contributed by atoms with Crippen molar-refractivity contribution >= 4 is 17.3 Å². The van der Waals surface area contributed by atoms with Crippen molar-refractivity contribution in [2.75, 3.05) is 4.90 Å². The second kappa shape index (κ2) is 5.53. The first-order chi connectivity index (χ1) is 8.97. The molecule has 19 heavy (non-hydrogen) atoms. The number of nitrogens with zero attached hydrogens (tertiary/aromatic N) is 1. The van der Waals surface area contributed by atoms with Crippen LogP contribution in [-0.2, 0) is 6.54 Å². The van der Waals surface area contributed by atoms with E-state index in [9.17, 15) is 13.2 Å². The van der Waals surface area contributed by atoms with Gasteiger partial charge in [-0.15, -0.1) is 0 Å². The molecule has 0 saturated heterocycles. The Labute approximate surface area is 114 Å². The molecule has 2 aromatic carbocycles. The molecule has 0 aromatic heterocycles. The molecular weight excluding hydrogens is 275 g/mol. The number of benzene rings is 2. The van der Waals surface area contributed by atoms with Crippen molar-refractivity contribution in [2.24, 2.45) is 0 Å². The normalized spacial score (nSPS) is 11.4. The molecular formula is C14H11ClF3N. The fourth-order valence-electron chi connectivity index (χ4n) is 1.71. The van der Waals surface area contributed by atoms with Crippen molar-refractivity contribution in [3.05, 3.63) is 65.2 Å². The maximum atomic E-state index is 13.1. The molecule has 0 N–H and O–H groups in total. The minimum absolute atomic E-state index is 0.0701. The van der Waals surface area contributed by atoms with Crippen molar-refractivity contribution in [1.29, 1.82) is 0 Å². The Balaban J connectivity index is 2.29. The Morgan fingerprint density at radius 3 is 2.00 bits per heavy atom. The highest BCUT2D eigenvalue weighted by Gasteiger charge is 2.37. The van der Waals surface area contributed by atoms with Gasteiger partial charge in [0.15, 0.2) is 0 Å². The maximum absolute atomic E-state index is 13.1. The van der Waals surface area contributed by atoms with E-state index < -0.39 is 6.30 Å². The van der Waals surface area contributed by atoms with Crippen LogP contribution in [0.5, 0.6) is 0 Å². The molecule has 100 valence electrons. The molecule has 0 saturated carbocycles. The molecule has 0 fully saturated rings. The van der Waals surface area contributed by atoms with Gasteiger partial charge in [0, 0.05) is 10.7 Å². The van der Waals surface area contributed by atoms with Crippen LogP contribution in [0, 0.1) is 0 Å². The van der Waals surface area contributed by atoms with Gasteiger partial charge in [-0.1, -0.05) is 41.9 Å². The standard InChI is InChI=1S/C14H11ClF3N/c15-12-6-8-13(9-7-12)19(14(16,17)18)10-11-4-2-1-3-5-11/h1-9H,10H2. The number of rotatable bonds is 3. The van der Waals surface area contributed by atoms with E-state index in [1.165, 1.54) is 24.3 Å². The van der Waals surface area contributed by atoms with E-state index in [2.05, 4.69) is 0 Å². The van der Waals surface area contributed by atoms with Crippen molar-refractivity contribution in [3.63, 3.8) is 0 Å². The number of hydrogen-bond acceptors (Lipinski definition) is 1. The Bertz CT molecular complexity index is 523. The smallest absolute Gasteiger partial charge is 0.280 e. The Kier molecular flexibility index (Phi) is 4.00. The van der Waals surface area contributed by atoms with Gasteiger partial charge in [-0.05, 0) is 29.8 Å². The summed E-state index contributed by atoms with van der Waals surface area (Å²) in [6, 6.07) is 14.1. The van der Waals surface area contributed by atoms with Gasteiger partial charge in [0.25, 0.3) is 0 Å². The van der Waals surface area contributed by atoms with E-state index in [0.29, 0.717) is 15.5 Å². The summed E-state index contributed by atoms with van der Waals surface area (Å²) in [6.45, 7) is -0.230. The summed E-state index contributed by atoms with van der Waals surface area (Å²) >= 11 is 5.69. The minimum Gasteiger partial charge on any atom is -0.280 e. The molecule has 2 aromatic rings. The molecule has 0 bridgehead atoms. The molecule has 0 aliphatic heterocycles. The van der Waals surface area contributed by atoms with Crippen molar-refractivity contribution < 1.29 is 13.2 Å². The van der Waals surface area contributed by atoms with Gasteiger partial charge in [-0.2, -0.15) is 13.2 Å². The second-order valence-electron chi connectivity index (χ2n) is 4.02. The van der Waals surface area contributed by atoms with Crippen LogP contribution in [0.4, 0.5) is 18.9 Å². The molecule has 0 heterocycles. The predicted octanol–water partition coefficient (Wildman–Crippen LogP) is 4.87. The molecule has 0 aliphatic rings. The van der Waals surface area contributed by atoms with Gasteiger partial charge in [-0.3, -0.25) is 4.90 Å². The van der Waals surface area contributed by atoms with Crippen LogP contribution >= 0.6 is 11.6 Å². The maximum Gasteiger partial charge on any atom is 0.485 e. The first-order valence-electron chi connectivity index (χ1n) is 5.60. The molecule has 0 amide bonds. The van der Waals surface area contributed by atoms with Gasteiger partial charge in [0.05, 0.1) is 6.54 Å². The van der Waals surface area contributed by atoms with Gasteiger partial charge in [0.1, 0.15) is 0 Å². The Hall–Kier alpha value is -1.68. The molecule has 0 spiro atoms. The van der Waals surface area contributed by atoms with Crippen LogP contribution in [-0.4, -0.2) is 6.30 Å². The summed E-state index contributed by atoms with van der Waals surface area (Å²) < 4.78 is 39.3. The summed E-state index contributed by atoms with van der Waals surface area (Å²) in [5.74, 6) is 0. The summed E-state index contributed by atoms with van der Waals surface area (Å²) in [6.07, 6.45) is -4.44. The van der Waals surface area contributed by atoms with Gasteiger partial charge >= 0.3 is 6.30 Å². The molecule has 2 rings (SSSR count). The molecule has 0 radical (unpaired) electrons. The zero-order valence-corrected chi connectivity index (χ0v) is 10.6. The fraction of sp³-hybridized carbons (Fsp3) is 0.143. The first-order valence-corrected chi connectivity index (χ1v) is 5.98. The van der Waals surface area contributed by atoms with Crippen LogP contribution in [0.15, 0.2) is 54.6 Å². The minimum atomic E-state index is -4.44. The van der Waals surface area contributed by atoms with Crippen LogP contribution in [0.3, 0.4) is 0 Å². The number of anilines is 1. The SMILES string of the molecule is FC(F)(F)N(Cc1ccccc1)c1ccc(Cl)cc1. The quantitative estimate of drug-likeness (QED) is 0.728. The molecule has 5 heteroatoms. The van der Waals surface area contributed by atoms with Gasteiger partial charge < -0.3 is 0 Å². The fourth-order valence-corrected chi connectivity index (χ4v) is 1.84. The number of hydrogen-bond donors (Lipinski definition) is 0. The van der Waals surface area contributed by atoms with Crippen LogP contribution in [0.2, 0.25) is 5.02 Å². The van der Waals surface area contributed by atoms with Gasteiger partial charge in [-0.25, -0.2) is 0 Å². The second-order valence-corrected chi connectivity index (χ2v) is 4.45. The molecule has 0 atom stereocenters. The highest BCUT2D eigenvalue weighted by atomic mass is 35.5. The largest absolute Gasteiger partial charge is 0.485 e. The first kappa shape index (κ1) is 13.7. The highest BCUT2D eigenvalue weighted by Crippen LogP contribution is 2.31.